The number of halogens is 2. The Kier molecular flexibility index (Phi) is 3.49. The summed E-state index contributed by atoms with van der Waals surface area (Å²) in [5, 5.41) is 3.61. The number of hydrogen-bond donors (Lipinski definition) is 1. The van der Waals surface area contributed by atoms with Gasteiger partial charge in [0.05, 0.1) is 5.52 Å². The number of rotatable bonds is 3. The quantitative estimate of drug-likeness (QED) is 0.792. The Balaban J connectivity index is 1.47. The van der Waals surface area contributed by atoms with Crippen LogP contribution in [-0.4, -0.2) is 17.2 Å². The van der Waals surface area contributed by atoms with Gasteiger partial charge in [-0.15, -0.1) is 8.78 Å². The lowest BCUT2D eigenvalue weighted by molar-refractivity contribution is -0.286. The third kappa shape index (κ3) is 3.08. The molecule has 1 N–H and O–H groups in total. The fourth-order valence-electron chi connectivity index (χ4n) is 2.60. The number of carbonyl (C=O) groups excluding carboxylic acids is 1. The normalized spacial score (nSPS) is 14.5. The summed E-state index contributed by atoms with van der Waals surface area (Å²) >= 11 is 0. The summed E-state index contributed by atoms with van der Waals surface area (Å²) < 4.78 is 34.8. The van der Waals surface area contributed by atoms with Gasteiger partial charge >= 0.3 is 6.29 Å². The lowest BCUT2D eigenvalue weighted by atomic mass is 10.1. The van der Waals surface area contributed by atoms with E-state index in [0.717, 1.165) is 10.9 Å². The summed E-state index contributed by atoms with van der Waals surface area (Å²) in [7, 11) is 0. The zero-order chi connectivity index (χ0) is 17.4. The third-order valence-electron chi connectivity index (χ3n) is 3.78. The van der Waals surface area contributed by atoms with Crippen molar-refractivity contribution in [1.82, 2.24) is 10.3 Å². The number of alkyl halides is 2. The molecule has 1 aliphatic heterocycles. The number of benzene rings is 2. The highest BCUT2D eigenvalue weighted by Gasteiger charge is 2.43. The van der Waals surface area contributed by atoms with Crippen molar-refractivity contribution in [2.75, 3.05) is 0 Å². The van der Waals surface area contributed by atoms with Crippen LogP contribution in [-0.2, 0) is 6.54 Å². The number of nitrogens with zero attached hydrogens (tertiary/aromatic N) is 1. The number of nitrogens with one attached hydrogen (secondary N) is 1. The van der Waals surface area contributed by atoms with Crippen LogP contribution < -0.4 is 14.8 Å². The molecule has 0 fully saturated rings. The second-order valence-electron chi connectivity index (χ2n) is 5.54. The third-order valence-corrected chi connectivity index (χ3v) is 3.78. The predicted octanol–water partition coefficient (Wildman–Crippen LogP) is 3.49. The molecule has 7 heteroatoms. The highest BCUT2D eigenvalue weighted by atomic mass is 19.3. The van der Waals surface area contributed by atoms with Crippen LogP contribution in [0.4, 0.5) is 8.78 Å². The molecule has 2 aromatic carbocycles. The maximum atomic E-state index is 13.0. The van der Waals surface area contributed by atoms with Crippen LogP contribution >= 0.6 is 0 Å². The lowest BCUT2D eigenvalue weighted by Gasteiger charge is -2.07. The first-order chi connectivity index (χ1) is 12.0. The first-order valence-electron chi connectivity index (χ1n) is 7.52. The first kappa shape index (κ1) is 15.3. The van der Waals surface area contributed by atoms with Crippen molar-refractivity contribution in [3.63, 3.8) is 0 Å². The van der Waals surface area contributed by atoms with E-state index >= 15 is 0 Å². The summed E-state index contributed by atoms with van der Waals surface area (Å²) in [4.78, 5) is 16.5. The average molecular weight is 342 g/mol. The largest absolute Gasteiger partial charge is 0.586 e. The number of pyridine rings is 1. The highest BCUT2D eigenvalue weighted by Crippen LogP contribution is 2.41. The van der Waals surface area contributed by atoms with Crippen molar-refractivity contribution in [1.29, 1.82) is 0 Å². The van der Waals surface area contributed by atoms with Crippen LogP contribution in [0.25, 0.3) is 10.9 Å². The molecule has 0 bridgehead atoms. The molecule has 0 radical (unpaired) electrons. The van der Waals surface area contributed by atoms with Gasteiger partial charge in [-0.2, -0.15) is 0 Å². The average Bonchev–Trinajstić information content (AvgIpc) is 2.92. The molecule has 1 amide bonds. The van der Waals surface area contributed by atoms with Crippen molar-refractivity contribution in [2.24, 2.45) is 0 Å². The standard InChI is InChI=1S/C18H12F2N2O3/c19-18(20)24-15-6-3-11(8-16(15)25-18)10-22-17(23)13-4-5-14-12(9-13)2-1-7-21-14/h1-9H,10H2,(H,22,23). The van der Waals surface area contributed by atoms with Gasteiger partial charge in [-0.3, -0.25) is 9.78 Å². The van der Waals surface area contributed by atoms with E-state index in [4.69, 9.17) is 0 Å². The molecule has 0 unspecified atom stereocenters. The first-order valence-corrected chi connectivity index (χ1v) is 7.52. The van der Waals surface area contributed by atoms with Crippen LogP contribution in [0.5, 0.6) is 11.5 Å². The maximum Gasteiger partial charge on any atom is 0.586 e. The fraction of sp³-hybridized carbons (Fsp3) is 0.111. The Bertz CT molecular complexity index is 975. The smallest absolute Gasteiger partial charge is 0.395 e. The van der Waals surface area contributed by atoms with E-state index < -0.39 is 6.29 Å². The Morgan fingerprint density at radius 3 is 2.80 bits per heavy atom. The Morgan fingerprint density at radius 1 is 1.08 bits per heavy atom. The van der Waals surface area contributed by atoms with Gasteiger partial charge in [-0.05, 0) is 42.0 Å². The summed E-state index contributed by atoms with van der Waals surface area (Å²) in [6.45, 7) is 0.173. The SMILES string of the molecule is O=C(NCc1ccc2c(c1)OC(F)(F)O2)c1ccc2ncccc2c1. The molecular weight excluding hydrogens is 330 g/mol. The molecule has 0 saturated heterocycles. The lowest BCUT2D eigenvalue weighted by Crippen LogP contribution is -2.26. The summed E-state index contributed by atoms with van der Waals surface area (Å²) in [5.74, 6) is -0.343. The van der Waals surface area contributed by atoms with Gasteiger partial charge in [-0.1, -0.05) is 12.1 Å². The predicted molar refractivity (Wildman–Crippen MR) is 85.6 cm³/mol. The Labute approximate surface area is 141 Å². The molecule has 1 aromatic heterocycles. The van der Waals surface area contributed by atoms with Crippen molar-refractivity contribution >= 4 is 16.8 Å². The van der Waals surface area contributed by atoms with E-state index in [1.165, 1.54) is 12.1 Å². The van der Waals surface area contributed by atoms with Crippen molar-refractivity contribution < 1.29 is 23.0 Å². The zero-order valence-corrected chi connectivity index (χ0v) is 12.8. The fourth-order valence-corrected chi connectivity index (χ4v) is 2.60. The molecule has 3 aromatic rings. The molecule has 0 spiro atoms. The van der Waals surface area contributed by atoms with Crippen LogP contribution in [0.2, 0.25) is 0 Å². The van der Waals surface area contributed by atoms with Crippen LogP contribution in [0.1, 0.15) is 15.9 Å². The van der Waals surface area contributed by atoms with Gasteiger partial charge in [0.2, 0.25) is 0 Å². The number of carbonyl (C=O) groups is 1. The molecule has 2 heterocycles. The van der Waals surface area contributed by atoms with E-state index in [2.05, 4.69) is 19.8 Å². The Hall–Kier alpha value is -3.22. The van der Waals surface area contributed by atoms with Gasteiger partial charge in [0.15, 0.2) is 11.5 Å². The van der Waals surface area contributed by atoms with E-state index in [-0.39, 0.29) is 24.0 Å². The number of amides is 1. The number of fused-ring (bicyclic) bond motifs is 2. The summed E-state index contributed by atoms with van der Waals surface area (Å²) in [6, 6.07) is 13.3. The molecule has 0 aliphatic carbocycles. The minimum absolute atomic E-state index is 0.0258. The molecule has 1 aliphatic rings. The molecule has 5 nitrogen and oxygen atoms in total. The zero-order valence-electron chi connectivity index (χ0n) is 12.8. The Morgan fingerprint density at radius 2 is 1.92 bits per heavy atom. The van der Waals surface area contributed by atoms with E-state index in [9.17, 15) is 13.6 Å². The van der Waals surface area contributed by atoms with E-state index in [1.807, 2.05) is 6.07 Å². The van der Waals surface area contributed by atoms with Gasteiger partial charge in [0.1, 0.15) is 0 Å². The minimum atomic E-state index is -3.65. The second-order valence-corrected chi connectivity index (χ2v) is 5.54. The maximum absolute atomic E-state index is 13.0. The molecule has 25 heavy (non-hydrogen) atoms. The molecule has 126 valence electrons. The molecule has 0 saturated carbocycles. The minimum Gasteiger partial charge on any atom is -0.395 e. The van der Waals surface area contributed by atoms with Gasteiger partial charge < -0.3 is 14.8 Å². The highest BCUT2D eigenvalue weighted by molar-refractivity contribution is 5.97. The molecule has 0 atom stereocenters. The van der Waals surface area contributed by atoms with Crippen LogP contribution in [0.3, 0.4) is 0 Å². The van der Waals surface area contributed by atoms with E-state index in [0.29, 0.717) is 11.1 Å². The van der Waals surface area contributed by atoms with E-state index in [1.54, 1.807) is 36.5 Å². The molecular formula is C18H12F2N2O3. The van der Waals surface area contributed by atoms with Crippen LogP contribution in [0, 0.1) is 0 Å². The number of hydrogen-bond acceptors (Lipinski definition) is 4. The monoisotopic (exact) mass is 342 g/mol. The second kappa shape index (κ2) is 5.70. The summed E-state index contributed by atoms with van der Waals surface area (Å²) in [6.07, 6.45) is -1.96. The topological polar surface area (TPSA) is 60.5 Å². The van der Waals surface area contributed by atoms with Crippen LogP contribution in [0.15, 0.2) is 54.7 Å². The van der Waals surface area contributed by atoms with Gasteiger partial charge in [-0.25, -0.2) is 0 Å². The van der Waals surface area contributed by atoms with Crippen molar-refractivity contribution in [3.05, 3.63) is 65.9 Å². The number of ether oxygens (including phenoxy) is 2. The van der Waals surface area contributed by atoms with Gasteiger partial charge in [0.25, 0.3) is 5.91 Å². The van der Waals surface area contributed by atoms with Gasteiger partial charge in [0, 0.05) is 23.7 Å². The van der Waals surface area contributed by atoms with Crippen molar-refractivity contribution in [3.8, 4) is 11.5 Å². The number of aromatic nitrogens is 1. The summed E-state index contributed by atoms with van der Waals surface area (Å²) in [5.41, 5.74) is 1.92. The molecule has 4 rings (SSSR count). The van der Waals surface area contributed by atoms with Crippen molar-refractivity contribution in [2.45, 2.75) is 12.8 Å².